The Hall–Kier alpha value is 0.0374. The van der Waals surface area contributed by atoms with Crippen LogP contribution in [0.25, 0.3) is 0 Å². The summed E-state index contributed by atoms with van der Waals surface area (Å²) >= 11 is 2.99. The normalized spacial score (nSPS) is 8.71. The monoisotopic (exact) mass is 394 g/mol. The van der Waals surface area contributed by atoms with Crippen molar-refractivity contribution in [2.24, 2.45) is 0 Å². The van der Waals surface area contributed by atoms with Crippen molar-refractivity contribution in [3.63, 3.8) is 0 Å². The molecule has 0 unspecified atom stereocenters. The average Bonchev–Trinajstić information content (AvgIpc) is 2.21. The van der Waals surface area contributed by atoms with Gasteiger partial charge in [0.2, 0.25) is 0 Å². The van der Waals surface area contributed by atoms with Crippen LogP contribution in [-0.2, 0) is 0 Å². The van der Waals surface area contributed by atoms with E-state index in [0.29, 0.717) is 0 Å². The van der Waals surface area contributed by atoms with Crippen LogP contribution < -0.4 is 7.16 Å². The molecule has 0 spiro atoms. The second-order valence-corrected chi connectivity index (χ2v) is 6.03. The molecule has 0 aromatic heterocycles. The van der Waals surface area contributed by atoms with Gasteiger partial charge in [-0.3, -0.25) is 0 Å². The van der Waals surface area contributed by atoms with Crippen molar-refractivity contribution in [2.75, 3.05) is 0 Å². The molecule has 6 radical (unpaired) electrons. The van der Waals surface area contributed by atoms with Crippen molar-refractivity contribution in [3.05, 3.63) is 60.7 Å². The summed E-state index contributed by atoms with van der Waals surface area (Å²) in [5, 5.41) is 0. The van der Waals surface area contributed by atoms with Gasteiger partial charge in [0.1, 0.15) is 0 Å². The third-order valence-electron chi connectivity index (χ3n) is 1.55. The van der Waals surface area contributed by atoms with Gasteiger partial charge in [0, 0.05) is 0 Å². The molecule has 0 heterocycles. The molecular formula is C12H10Sn2. The molecule has 2 heteroatoms. The van der Waals surface area contributed by atoms with Gasteiger partial charge in [0.25, 0.3) is 0 Å². The van der Waals surface area contributed by atoms with E-state index in [1.54, 1.807) is 0 Å². The van der Waals surface area contributed by atoms with Crippen LogP contribution in [0, 0.1) is 0 Å². The van der Waals surface area contributed by atoms with E-state index in [0.717, 1.165) is 0 Å². The van der Waals surface area contributed by atoms with Gasteiger partial charge in [0.05, 0.1) is 0 Å². The molecule has 66 valence electrons. The first kappa shape index (κ1) is 12.1. The number of hydrogen-bond donors (Lipinski definition) is 0. The van der Waals surface area contributed by atoms with Crippen molar-refractivity contribution in [3.8, 4) is 0 Å². The quantitative estimate of drug-likeness (QED) is 0.587. The molecule has 2 aromatic carbocycles. The molecule has 14 heavy (non-hydrogen) atoms. The van der Waals surface area contributed by atoms with Crippen LogP contribution in [0.4, 0.5) is 0 Å². The van der Waals surface area contributed by atoms with E-state index in [1.807, 2.05) is 12.1 Å². The summed E-state index contributed by atoms with van der Waals surface area (Å²) < 4.78 is 2.82. The van der Waals surface area contributed by atoms with Crippen LogP contribution in [0.2, 0.25) is 0 Å². The molecule has 0 atom stereocenters. The molecule has 2 rings (SSSR count). The fraction of sp³-hybridized carbons (Fsp3) is 0. The third kappa shape index (κ3) is 5.70. The van der Waals surface area contributed by atoms with Crippen molar-refractivity contribution in [1.82, 2.24) is 0 Å². The van der Waals surface area contributed by atoms with Gasteiger partial charge in [-0.1, -0.05) is 0 Å². The Kier molecular flexibility index (Phi) is 6.35. The Morgan fingerprint density at radius 2 is 0.786 bits per heavy atom. The van der Waals surface area contributed by atoms with Gasteiger partial charge in [-0.2, -0.15) is 0 Å². The van der Waals surface area contributed by atoms with Crippen LogP contribution >= 0.6 is 0 Å². The second-order valence-electron chi connectivity index (χ2n) is 2.73. The molecule has 0 saturated carbocycles. The van der Waals surface area contributed by atoms with Crippen LogP contribution in [0.1, 0.15) is 0 Å². The van der Waals surface area contributed by atoms with Gasteiger partial charge in [-0.25, -0.2) is 0 Å². The SMILES string of the molecule is [Sn][c]1ccccc1.[Sn][c]1ccccc1. The van der Waals surface area contributed by atoms with E-state index in [1.165, 1.54) is 52.2 Å². The summed E-state index contributed by atoms with van der Waals surface area (Å²) in [4.78, 5) is 0. The van der Waals surface area contributed by atoms with Crippen LogP contribution in [-0.4, -0.2) is 45.0 Å². The third-order valence-corrected chi connectivity index (χ3v) is 3.45. The summed E-state index contributed by atoms with van der Waals surface area (Å²) in [6.07, 6.45) is 0. The molecule has 0 amide bonds. The maximum atomic E-state index is 2.12. The zero-order valence-corrected chi connectivity index (χ0v) is 13.5. The van der Waals surface area contributed by atoms with Crippen LogP contribution in [0.5, 0.6) is 0 Å². The summed E-state index contributed by atoms with van der Waals surface area (Å²) in [5.41, 5.74) is 0. The molecule has 0 saturated heterocycles. The Balaban J connectivity index is 0.000000140. The molecule has 0 fully saturated rings. The van der Waals surface area contributed by atoms with Gasteiger partial charge < -0.3 is 0 Å². The van der Waals surface area contributed by atoms with Crippen molar-refractivity contribution in [1.29, 1.82) is 0 Å². The summed E-state index contributed by atoms with van der Waals surface area (Å²) in [5.74, 6) is 0. The molecule has 0 aliphatic rings. The Bertz CT molecular complexity index is 306. The molecule has 2 aromatic rings. The van der Waals surface area contributed by atoms with Gasteiger partial charge in [-0.15, -0.1) is 0 Å². The Morgan fingerprint density at radius 1 is 0.500 bits per heavy atom. The number of rotatable bonds is 0. The van der Waals surface area contributed by atoms with E-state index < -0.39 is 0 Å². The zero-order chi connectivity index (χ0) is 10.2. The zero-order valence-electron chi connectivity index (χ0n) is 7.77. The molecule has 0 aliphatic heterocycles. The minimum absolute atomic E-state index is 1.41. The number of benzene rings is 2. The first-order valence-electron chi connectivity index (χ1n) is 4.32. The predicted molar refractivity (Wildman–Crippen MR) is 63.7 cm³/mol. The van der Waals surface area contributed by atoms with Gasteiger partial charge in [0.15, 0.2) is 0 Å². The first-order chi connectivity index (χ1) is 6.79. The fourth-order valence-electron chi connectivity index (χ4n) is 0.876. The van der Waals surface area contributed by atoms with Crippen LogP contribution in [0.15, 0.2) is 60.7 Å². The predicted octanol–water partition coefficient (Wildman–Crippen LogP) is 0.961. The fourth-order valence-corrected chi connectivity index (χ4v) is 1.97. The van der Waals surface area contributed by atoms with Gasteiger partial charge >= 0.3 is 113 Å². The van der Waals surface area contributed by atoms with Crippen molar-refractivity contribution in [2.45, 2.75) is 0 Å². The van der Waals surface area contributed by atoms with E-state index >= 15 is 0 Å². The van der Waals surface area contributed by atoms with Crippen LogP contribution in [0.3, 0.4) is 0 Å². The van der Waals surface area contributed by atoms with E-state index in [9.17, 15) is 0 Å². The summed E-state index contributed by atoms with van der Waals surface area (Å²) in [7, 11) is 0. The molecule has 0 aliphatic carbocycles. The maximum absolute atomic E-state index is 2.12. The number of hydrogen-bond acceptors (Lipinski definition) is 0. The Labute approximate surface area is 112 Å². The van der Waals surface area contributed by atoms with Crippen molar-refractivity contribution >= 4 is 52.2 Å². The molecule has 0 nitrogen and oxygen atoms in total. The van der Waals surface area contributed by atoms with E-state index in [2.05, 4.69) is 48.5 Å². The molecule has 0 N–H and O–H groups in total. The van der Waals surface area contributed by atoms with E-state index in [4.69, 9.17) is 0 Å². The second kappa shape index (κ2) is 7.34. The topological polar surface area (TPSA) is 0 Å². The Morgan fingerprint density at radius 3 is 0.929 bits per heavy atom. The standard InChI is InChI=1S/2C6H5.2Sn/c2*1-2-4-6-5-3-1;;/h2*1-5H;;. The molecular weight excluding hydrogens is 382 g/mol. The van der Waals surface area contributed by atoms with E-state index in [-0.39, 0.29) is 0 Å². The van der Waals surface area contributed by atoms with Gasteiger partial charge in [-0.05, 0) is 0 Å². The van der Waals surface area contributed by atoms with Crippen molar-refractivity contribution < 1.29 is 0 Å². The summed E-state index contributed by atoms with van der Waals surface area (Å²) in [6.45, 7) is 0. The average molecular weight is 392 g/mol. The first-order valence-corrected chi connectivity index (χ1v) is 7.18. The summed E-state index contributed by atoms with van der Waals surface area (Å²) in [6, 6.07) is 20.8. The molecule has 0 bridgehead atoms. The minimum atomic E-state index is 1.41.